The monoisotopic (exact) mass is 257 g/mol. The zero-order valence-electron chi connectivity index (χ0n) is 9.84. The molecule has 0 aliphatic heterocycles. The topological polar surface area (TPSA) is 12.0 Å². The molecule has 1 aliphatic rings. The van der Waals surface area contributed by atoms with Crippen molar-refractivity contribution in [2.24, 2.45) is 11.8 Å². The zero-order chi connectivity index (χ0) is 11.4. The van der Waals surface area contributed by atoms with Crippen LogP contribution >= 0.6 is 22.9 Å². The van der Waals surface area contributed by atoms with Gasteiger partial charge in [-0.25, -0.2) is 0 Å². The molecule has 0 saturated heterocycles. The Morgan fingerprint density at radius 3 is 2.75 bits per heavy atom. The van der Waals surface area contributed by atoms with Gasteiger partial charge in [-0.05, 0) is 37.3 Å². The summed E-state index contributed by atoms with van der Waals surface area (Å²) < 4.78 is 0. The maximum atomic E-state index is 5.89. The first-order chi connectivity index (χ1) is 7.74. The van der Waals surface area contributed by atoms with Gasteiger partial charge in [-0.15, -0.1) is 11.3 Å². The Bertz CT molecular complexity index is 315. The second-order valence-corrected chi connectivity index (χ2v) is 6.42. The van der Waals surface area contributed by atoms with E-state index in [2.05, 4.69) is 18.3 Å². The molecular weight excluding hydrogens is 238 g/mol. The molecule has 0 amide bonds. The molecule has 0 spiro atoms. The highest BCUT2D eigenvalue weighted by Gasteiger charge is 2.17. The molecule has 1 aromatic rings. The lowest BCUT2D eigenvalue weighted by atomic mass is 9.83. The van der Waals surface area contributed by atoms with Crippen molar-refractivity contribution in [1.29, 1.82) is 0 Å². The van der Waals surface area contributed by atoms with Crippen molar-refractivity contribution in [3.05, 3.63) is 21.3 Å². The van der Waals surface area contributed by atoms with Gasteiger partial charge in [-0.1, -0.05) is 31.4 Å². The minimum absolute atomic E-state index is 0.869. The number of rotatable bonds is 4. The lowest BCUT2D eigenvalue weighted by Crippen LogP contribution is -2.25. The predicted molar refractivity (Wildman–Crippen MR) is 72.2 cm³/mol. The first kappa shape index (κ1) is 12.4. The predicted octanol–water partition coefficient (Wildman–Crippen LogP) is 4.32. The van der Waals surface area contributed by atoms with Crippen molar-refractivity contribution < 1.29 is 0 Å². The Balaban J connectivity index is 1.64. The number of thiophene rings is 1. The summed E-state index contributed by atoms with van der Waals surface area (Å²) >= 11 is 7.63. The molecule has 1 saturated carbocycles. The SMILES string of the molecule is CC1CCC(CNCc2cc(Cl)cs2)CC1. The Labute approximate surface area is 107 Å². The average molecular weight is 258 g/mol. The van der Waals surface area contributed by atoms with Crippen LogP contribution in [0, 0.1) is 11.8 Å². The molecular formula is C13H20ClNS. The fourth-order valence-electron chi connectivity index (χ4n) is 2.38. The maximum absolute atomic E-state index is 5.89. The summed E-state index contributed by atoms with van der Waals surface area (Å²) in [6.07, 6.45) is 5.63. The van der Waals surface area contributed by atoms with Gasteiger partial charge in [-0.3, -0.25) is 0 Å². The molecule has 0 radical (unpaired) electrons. The van der Waals surface area contributed by atoms with Crippen molar-refractivity contribution in [3.63, 3.8) is 0 Å². The summed E-state index contributed by atoms with van der Waals surface area (Å²) in [4.78, 5) is 1.34. The van der Waals surface area contributed by atoms with Gasteiger partial charge >= 0.3 is 0 Å². The molecule has 1 heterocycles. The smallest absolute Gasteiger partial charge is 0.0516 e. The van der Waals surface area contributed by atoms with Crippen molar-refractivity contribution in [2.75, 3.05) is 6.54 Å². The van der Waals surface area contributed by atoms with Crippen LogP contribution in [0.1, 0.15) is 37.5 Å². The molecule has 1 fully saturated rings. The van der Waals surface area contributed by atoms with Crippen LogP contribution in [-0.2, 0) is 6.54 Å². The second-order valence-electron chi connectivity index (χ2n) is 4.99. The van der Waals surface area contributed by atoms with Gasteiger partial charge in [-0.2, -0.15) is 0 Å². The summed E-state index contributed by atoms with van der Waals surface area (Å²) in [5.74, 6) is 1.85. The summed E-state index contributed by atoms with van der Waals surface area (Å²) in [5.41, 5.74) is 0. The van der Waals surface area contributed by atoms with Crippen molar-refractivity contribution in [3.8, 4) is 0 Å². The minimum atomic E-state index is 0.869. The molecule has 16 heavy (non-hydrogen) atoms. The maximum Gasteiger partial charge on any atom is 0.0516 e. The lowest BCUT2D eigenvalue weighted by molar-refractivity contribution is 0.281. The molecule has 1 aliphatic carbocycles. The summed E-state index contributed by atoms with van der Waals surface area (Å²) in [6, 6.07) is 2.06. The highest BCUT2D eigenvalue weighted by Crippen LogP contribution is 2.27. The van der Waals surface area contributed by atoms with Gasteiger partial charge in [0, 0.05) is 16.8 Å². The van der Waals surface area contributed by atoms with Gasteiger partial charge in [0.25, 0.3) is 0 Å². The summed E-state index contributed by atoms with van der Waals surface area (Å²) in [7, 11) is 0. The average Bonchev–Trinajstić information content (AvgIpc) is 2.67. The van der Waals surface area contributed by atoms with Gasteiger partial charge in [0.05, 0.1) is 5.02 Å². The van der Waals surface area contributed by atoms with Crippen molar-refractivity contribution in [2.45, 2.75) is 39.2 Å². The van der Waals surface area contributed by atoms with E-state index in [1.807, 2.05) is 5.38 Å². The largest absolute Gasteiger partial charge is 0.312 e. The van der Waals surface area contributed by atoms with E-state index in [1.54, 1.807) is 11.3 Å². The van der Waals surface area contributed by atoms with E-state index in [0.717, 1.165) is 23.4 Å². The third-order valence-electron chi connectivity index (χ3n) is 3.49. The van der Waals surface area contributed by atoms with Crippen molar-refractivity contribution >= 4 is 22.9 Å². The Kier molecular flexibility index (Phi) is 4.68. The molecule has 1 N–H and O–H groups in total. The summed E-state index contributed by atoms with van der Waals surface area (Å²) in [5, 5.41) is 6.42. The van der Waals surface area contributed by atoms with Crippen LogP contribution in [0.5, 0.6) is 0 Å². The second kappa shape index (κ2) is 6.04. The highest BCUT2D eigenvalue weighted by atomic mass is 35.5. The Morgan fingerprint density at radius 1 is 1.38 bits per heavy atom. The van der Waals surface area contributed by atoms with Crippen LogP contribution in [0.2, 0.25) is 5.02 Å². The minimum Gasteiger partial charge on any atom is -0.312 e. The fraction of sp³-hybridized carbons (Fsp3) is 0.692. The number of hydrogen-bond acceptors (Lipinski definition) is 2. The number of nitrogens with one attached hydrogen (secondary N) is 1. The molecule has 3 heteroatoms. The Morgan fingerprint density at radius 2 is 2.12 bits per heavy atom. The number of hydrogen-bond donors (Lipinski definition) is 1. The van der Waals surface area contributed by atoms with Gasteiger partial charge in [0.2, 0.25) is 0 Å². The normalized spacial score (nSPS) is 25.9. The van der Waals surface area contributed by atoms with E-state index in [1.165, 1.54) is 37.1 Å². The lowest BCUT2D eigenvalue weighted by Gasteiger charge is -2.26. The highest BCUT2D eigenvalue weighted by molar-refractivity contribution is 7.10. The molecule has 0 aromatic carbocycles. The standard InChI is InChI=1S/C13H20ClNS/c1-10-2-4-11(5-3-10)7-15-8-13-6-12(14)9-16-13/h6,9-11,15H,2-5,7-8H2,1H3. The van der Waals surface area contributed by atoms with E-state index < -0.39 is 0 Å². The van der Waals surface area contributed by atoms with Crippen LogP contribution in [0.25, 0.3) is 0 Å². The molecule has 2 rings (SSSR count). The first-order valence-corrected chi connectivity index (χ1v) is 7.43. The van der Waals surface area contributed by atoms with E-state index in [0.29, 0.717) is 0 Å². The van der Waals surface area contributed by atoms with Gasteiger partial charge < -0.3 is 5.32 Å². The molecule has 0 unspecified atom stereocenters. The molecule has 0 atom stereocenters. The van der Waals surface area contributed by atoms with Crippen molar-refractivity contribution in [1.82, 2.24) is 5.32 Å². The van der Waals surface area contributed by atoms with E-state index in [4.69, 9.17) is 11.6 Å². The third-order valence-corrected chi connectivity index (χ3v) is 4.77. The van der Waals surface area contributed by atoms with Crippen LogP contribution in [0.3, 0.4) is 0 Å². The number of halogens is 1. The summed E-state index contributed by atoms with van der Waals surface area (Å²) in [6.45, 7) is 4.52. The molecule has 90 valence electrons. The van der Waals surface area contributed by atoms with E-state index >= 15 is 0 Å². The van der Waals surface area contributed by atoms with E-state index in [-0.39, 0.29) is 0 Å². The zero-order valence-corrected chi connectivity index (χ0v) is 11.4. The molecule has 1 aromatic heterocycles. The van der Waals surface area contributed by atoms with Gasteiger partial charge in [0.15, 0.2) is 0 Å². The molecule has 0 bridgehead atoms. The van der Waals surface area contributed by atoms with E-state index in [9.17, 15) is 0 Å². The van der Waals surface area contributed by atoms with Crippen LogP contribution in [-0.4, -0.2) is 6.54 Å². The Hall–Kier alpha value is -0.0500. The molecule has 1 nitrogen and oxygen atoms in total. The fourth-order valence-corrected chi connectivity index (χ4v) is 3.42. The first-order valence-electron chi connectivity index (χ1n) is 6.17. The van der Waals surface area contributed by atoms with Gasteiger partial charge in [0.1, 0.15) is 0 Å². The quantitative estimate of drug-likeness (QED) is 0.847. The van der Waals surface area contributed by atoms with Crippen LogP contribution in [0.4, 0.5) is 0 Å². The third kappa shape index (κ3) is 3.76. The van der Waals surface area contributed by atoms with Crippen LogP contribution < -0.4 is 5.32 Å². The van der Waals surface area contributed by atoms with Crippen LogP contribution in [0.15, 0.2) is 11.4 Å².